The number of carboxylic acid groups (broad SMARTS) is 1. The lowest BCUT2D eigenvalue weighted by molar-refractivity contribution is -0.150. The summed E-state index contributed by atoms with van der Waals surface area (Å²) in [5, 5.41) is 32.7. The second-order valence-electron chi connectivity index (χ2n) is 28.9. The number of aromatic carboxylic acids is 1. The van der Waals surface area contributed by atoms with E-state index in [2.05, 4.69) is 26.6 Å². The molecule has 2 rings (SSSR count). The summed E-state index contributed by atoms with van der Waals surface area (Å²) in [6.45, 7) is 22.8. The van der Waals surface area contributed by atoms with Crippen LogP contribution in [-0.2, 0) is 47.9 Å². The smallest absolute Gasteiger partial charge is 0.335 e. The molecule has 0 spiro atoms. The summed E-state index contributed by atoms with van der Waals surface area (Å²) in [4.78, 5) is 194. The van der Waals surface area contributed by atoms with Gasteiger partial charge in [-0.3, -0.25) is 57.6 Å². The van der Waals surface area contributed by atoms with Crippen LogP contribution in [0.1, 0.15) is 194 Å². The van der Waals surface area contributed by atoms with E-state index in [1.165, 1.54) is 112 Å². The molecule has 13 amide bonds. The third kappa shape index (κ3) is 27.2. The predicted molar refractivity (Wildman–Crippen MR) is 386 cm³/mol. The number of carbonyl (C=O) groups excluding carboxylic acids is 12. The van der Waals surface area contributed by atoms with Crippen molar-refractivity contribution in [3.05, 3.63) is 35.4 Å². The average molecular weight is 1430 g/mol. The van der Waals surface area contributed by atoms with Gasteiger partial charge in [0.25, 0.3) is 11.8 Å². The number of thioether (sulfide) groups is 1. The van der Waals surface area contributed by atoms with Gasteiger partial charge < -0.3 is 66.2 Å². The van der Waals surface area contributed by atoms with Gasteiger partial charge in [-0.2, -0.15) is 11.8 Å². The zero-order chi connectivity index (χ0) is 76.2. The number of aliphatic hydroxyl groups excluding tert-OH is 1. The minimum atomic E-state index is -1.27. The Kier molecular flexibility index (Phi) is 38.5. The first-order valence-corrected chi connectivity index (χ1v) is 36.8. The van der Waals surface area contributed by atoms with Crippen molar-refractivity contribution in [2.75, 3.05) is 80.5 Å². The van der Waals surface area contributed by atoms with Crippen LogP contribution in [0.2, 0.25) is 0 Å². The van der Waals surface area contributed by atoms with Crippen molar-refractivity contribution >= 4 is 88.7 Å². The van der Waals surface area contributed by atoms with Crippen LogP contribution in [0.4, 0.5) is 4.79 Å². The fourth-order valence-corrected chi connectivity index (χ4v) is 13.3. The van der Waals surface area contributed by atoms with Gasteiger partial charge in [-0.15, -0.1) is 0 Å². The molecule has 1 aromatic carbocycles. The summed E-state index contributed by atoms with van der Waals surface area (Å²) in [7, 11) is 9.76. The summed E-state index contributed by atoms with van der Waals surface area (Å²) in [6.07, 6.45) is 6.06. The van der Waals surface area contributed by atoms with Crippen molar-refractivity contribution in [1.82, 2.24) is 60.9 Å². The second kappa shape index (κ2) is 43.4. The standard InChI is InChI=1S/C72H122N12O15S/c1-21-52-66(92)82(18)57(42-100-36-28-27-35-85)68(94)79(15)54(38-44(4)5)65(91)77-59(46(8)9)69(95)80(16)53(37-43(2)3)63(89)75-49(13)61(87)74-41-58(86)78(14)56(39-45(6)7)67(93)84(20)72(99)83(19)60(47(10)11)70(96)81(17)55(64(90)76-52)40-48(12)29-25-23-22-24-26-34-73-62(88)50-30-32-51(33-31-50)71(97)98/h30-33,43-49,52-57,59-60,85H,21-29,34-42H2,1-20H3,(H,73,88)(H,74,87)(H,75,89)(H,76,90)(H,77,91)(H,97,98)/t48-,49-,52?,53-,54+,55?,56-,57-,59-,60?/m1/s1. The molecule has 0 saturated carbocycles. The molecule has 1 aliphatic heterocycles. The summed E-state index contributed by atoms with van der Waals surface area (Å²) in [5.74, 6) is -9.57. The monoisotopic (exact) mass is 1430 g/mol. The minimum Gasteiger partial charge on any atom is -0.478 e. The molecule has 28 heteroatoms. The van der Waals surface area contributed by atoms with Crippen LogP contribution in [0.15, 0.2) is 24.3 Å². The Bertz CT molecular complexity index is 2900. The van der Waals surface area contributed by atoms with Gasteiger partial charge in [-0.05, 0) is 124 Å². The van der Waals surface area contributed by atoms with Gasteiger partial charge >= 0.3 is 12.0 Å². The van der Waals surface area contributed by atoms with E-state index < -0.39 is 144 Å². The Balaban J connectivity index is 2.85. The molecule has 0 aliphatic carbocycles. The Morgan fingerprint density at radius 1 is 0.530 bits per heavy atom. The Hall–Kier alpha value is -7.36. The van der Waals surface area contributed by atoms with Gasteiger partial charge in [0.1, 0.15) is 54.4 Å². The number of aliphatic hydroxyl groups is 1. The largest absolute Gasteiger partial charge is 0.478 e. The number of nitrogens with one attached hydrogen (secondary N) is 5. The van der Waals surface area contributed by atoms with Gasteiger partial charge in [-0.1, -0.05) is 115 Å². The zero-order valence-electron chi connectivity index (χ0n) is 63.4. The number of benzene rings is 1. The van der Waals surface area contributed by atoms with Gasteiger partial charge in [-0.25, -0.2) is 9.59 Å². The summed E-state index contributed by atoms with van der Waals surface area (Å²) in [6, 6.07) is -6.26. The highest BCUT2D eigenvalue weighted by Gasteiger charge is 2.44. The summed E-state index contributed by atoms with van der Waals surface area (Å²) in [5.41, 5.74) is 0.422. The maximum atomic E-state index is 15.3. The van der Waals surface area contributed by atoms with E-state index in [4.69, 9.17) is 0 Å². The number of nitrogens with zero attached hydrogens (tertiary/aromatic N) is 7. The highest BCUT2D eigenvalue weighted by molar-refractivity contribution is 7.99. The fraction of sp³-hybridized carbons (Fsp3) is 0.736. The number of rotatable bonds is 27. The maximum absolute atomic E-state index is 15.3. The number of imide groups is 1. The van der Waals surface area contributed by atoms with Crippen molar-refractivity contribution in [1.29, 1.82) is 0 Å². The fourth-order valence-electron chi connectivity index (χ4n) is 12.1. The number of unbranched alkanes of at least 4 members (excludes halogenated alkanes) is 5. The van der Waals surface area contributed by atoms with Crippen molar-refractivity contribution < 1.29 is 72.5 Å². The molecule has 7 N–H and O–H groups in total. The molecule has 100 heavy (non-hydrogen) atoms. The van der Waals surface area contributed by atoms with E-state index in [1.807, 2.05) is 48.5 Å². The molecule has 0 radical (unpaired) electrons. The maximum Gasteiger partial charge on any atom is 0.335 e. The molecule has 27 nitrogen and oxygen atoms in total. The molecule has 1 aromatic rings. The van der Waals surface area contributed by atoms with Gasteiger partial charge in [0, 0.05) is 73.8 Å². The number of urea groups is 1. The first-order valence-electron chi connectivity index (χ1n) is 35.6. The number of carboxylic acids is 1. The van der Waals surface area contributed by atoms with Crippen LogP contribution in [0, 0.1) is 35.5 Å². The molecule has 1 fully saturated rings. The lowest BCUT2D eigenvalue weighted by Crippen LogP contribution is -2.62. The van der Waals surface area contributed by atoms with Crippen molar-refractivity contribution in [2.45, 2.75) is 228 Å². The lowest BCUT2D eigenvalue weighted by Gasteiger charge is -2.39. The minimum absolute atomic E-state index is 0.0361. The normalized spacial score (nSPS) is 23.2. The Morgan fingerprint density at radius 2 is 1.02 bits per heavy atom. The molecule has 566 valence electrons. The van der Waals surface area contributed by atoms with Crippen LogP contribution in [0.5, 0.6) is 0 Å². The molecule has 1 heterocycles. The van der Waals surface area contributed by atoms with E-state index in [-0.39, 0.29) is 79.6 Å². The highest BCUT2D eigenvalue weighted by atomic mass is 32.2. The van der Waals surface area contributed by atoms with Crippen LogP contribution in [-0.4, -0.2) is 256 Å². The zero-order valence-corrected chi connectivity index (χ0v) is 64.3. The predicted octanol–water partition coefficient (Wildman–Crippen LogP) is 5.47. The lowest BCUT2D eigenvalue weighted by atomic mass is 9.93. The quantitative estimate of drug-likeness (QED) is 0.0537. The van der Waals surface area contributed by atoms with Crippen LogP contribution < -0.4 is 26.6 Å². The third-order valence-electron chi connectivity index (χ3n) is 18.5. The average Bonchev–Trinajstić information content (AvgIpc) is 0.812. The number of hydrogen-bond acceptors (Lipinski definition) is 15. The molecule has 0 bridgehead atoms. The van der Waals surface area contributed by atoms with Crippen LogP contribution >= 0.6 is 11.8 Å². The van der Waals surface area contributed by atoms with Gasteiger partial charge in [0.2, 0.25) is 53.2 Å². The van der Waals surface area contributed by atoms with E-state index in [1.54, 1.807) is 34.6 Å². The van der Waals surface area contributed by atoms with E-state index >= 15 is 19.2 Å². The Morgan fingerprint density at radius 3 is 1.55 bits per heavy atom. The van der Waals surface area contributed by atoms with Crippen molar-refractivity contribution in [3.63, 3.8) is 0 Å². The molecule has 0 aromatic heterocycles. The molecule has 10 atom stereocenters. The number of carbonyl (C=O) groups is 13. The molecule has 1 saturated heterocycles. The SMILES string of the molecule is CCC1NC(=O)C(C[C@H](C)CCCCCCCNC(=O)c2ccc(C(=O)O)cc2)N(C)C(=O)C(C(C)C)N(C)C(=O)N(C)C(=O)[C@@H](CC(C)C)N(C)C(=O)CNC(=O)[C@@H](C)NC(=O)[C@@H](CC(C)C)N(C)C(=O)[C@@H](C(C)C)NC(=O)[C@H](CC(C)C)N(C)C(=O)[C@@H](CSCCCCO)N(C)C1=O. The molecular formula is C72H122N12O15S. The number of likely N-dealkylation sites (N-methyl/N-ethyl adjacent to an activating group) is 7. The second-order valence-corrected chi connectivity index (χ2v) is 30.1. The summed E-state index contributed by atoms with van der Waals surface area (Å²) < 4.78 is 0. The number of hydrogen-bond donors (Lipinski definition) is 7. The first kappa shape index (κ1) is 88.7. The van der Waals surface area contributed by atoms with Crippen molar-refractivity contribution in [3.8, 4) is 0 Å². The highest BCUT2D eigenvalue weighted by Crippen LogP contribution is 2.26. The first-order chi connectivity index (χ1) is 46.8. The van der Waals surface area contributed by atoms with E-state index in [9.17, 15) is 53.4 Å². The van der Waals surface area contributed by atoms with E-state index in [0.717, 1.165) is 40.4 Å². The van der Waals surface area contributed by atoms with Crippen LogP contribution in [0.3, 0.4) is 0 Å². The van der Waals surface area contributed by atoms with Crippen LogP contribution in [0.25, 0.3) is 0 Å². The van der Waals surface area contributed by atoms with Gasteiger partial charge in [0.05, 0.1) is 12.1 Å². The molecule has 3 unspecified atom stereocenters. The molecule has 1 aliphatic rings. The third-order valence-corrected chi connectivity index (χ3v) is 19.6. The molecular weight excluding hydrogens is 1300 g/mol. The Labute approximate surface area is 598 Å². The van der Waals surface area contributed by atoms with Gasteiger partial charge in [0.15, 0.2) is 0 Å². The topological polar surface area (TPSA) is 345 Å². The van der Waals surface area contributed by atoms with Crippen molar-refractivity contribution in [2.24, 2.45) is 35.5 Å². The summed E-state index contributed by atoms with van der Waals surface area (Å²) >= 11 is 1.37. The number of amides is 13. The van der Waals surface area contributed by atoms with E-state index in [0.29, 0.717) is 43.5 Å².